The number of benzene rings is 2. The van der Waals surface area contributed by atoms with Gasteiger partial charge in [0.25, 0.3) is 5.69 Å². The van der Waals surface area contributed by atoms with Gasteiger partial charge in [0.15, 0.2) is 0 Å². The molecule has 23 heavy (non-hydrogen) atoms. The quantitative estimate of drug-likeness (QED) is 0.376. The predicted molar refractivity (Wildman–Crippen MR) is 91.5 cm³/mol. The first kappa shape index (κ1) is 15.2. The van der Waals surface area contributed by atoms with E-state index < -0.39 is 0 Å². The minimum absolute atomic E-state index is 0.149. The van der Waals surface area contributed by atoms with E-state index >= 15 is 0 Å². The zero-order valence-electron chi connectivity index (χ0n) is 12.8. The van der Waals surface area contributed by atoms with E-state index in [-0.39, 0.29) is 10.6 Å². The highest BCUT2D eigenvalue weighted by Crippen LogP contribution is 2.19. The summed E-state index contributed by atoms with van der Waals surface area (Å²) in [4.78, 5) is 14.6. The minimum Gasteiger partial charge on any atom is -0.264 e. The average Bonchev–Trinajstić information content (AvgIpc) is 2.59. The summed E-state index contributed by atoms with van der Waals surface area (Å²) in [7, 11) is 0. The molecule has 0 amide bonds. The van der Waals surface area contributed by atoms with Gasteiger partial charge in [-0.1, -0.05) is 36.4 Å². The highest BCUT2D eigenvalue weighted by molar-refractivity contribution is 5.84. The Morgan fingerprint density at radius 3 is 2.43 bits per heavy atom. The first-order valence-corrected chi connectivity index (χ1v) is 7.79. The Hall–Kier alpha value is -2.75. The summed E-state index contributed by atoms with van der Waals surface area (Å²) in [6, 6.07) is 15.2. The third kappa shape index (κ3) is 3.72. The van der Waals surface area contributed by atoms with E-state index in [1.165, 1.54) is 16.3 Å². The van der Waals surface area contributed by atoms with Crippen molar-refractivity contribution in [1.29, 1.82) is 0 Å². The number of non-ortho nitro benzene ring substituents is 1. The van der Waals surface area contributed by atoms with Crippen LogP contribution in [-0.2, 0) is 12.8 Å². The zero-order chi connectivity index (χ0) is 16.1. The fourth-order valence-electron chi connectivity index (χ4n) is 2.81. The molecule has 0 radical (unpaired) electrons. The maximum atomic E-state index is 10.6. The van der Waals surface area contributed by atoms with Crippen molar-refractivity contribution in [3.05, 3.63) is 82.2 Å². The molecule has 116 valence electrons. The molecule has 0 saturated heterocycles. The molecule has 0 unspecified atom stereocenters. The van der Waals surface area contributed by atoms with Crippen LogP contribution in [-0.4, -0.2) is 9.91 Å². The van der Waals surface area contributed by atoms with Gasteiger partial charge in [0.1, 0.15) is 0 Å². The van der Waals surface area contributed by atoms with Crippen molar-refractivity contribution in [1.82, 2.24) is 4.98 Å². The van der Waals surface area contributed by atoms with Crippen LogP contribution in [0.15, 0.2) is 60.9 Å². The van der Waals surface area contributed by atoms with Gasteiger partial charge < -0.3 is 0 Å². The summed E-state index contributed by atoms with van der Waals surface area (Å²) < 4.78 is 0. The van der Waals surface area contributed by atoms with Crippen molar-refractivity contribution in [2.24, 2.45) is 0 Å². The molecule has 0 aliphatic carbocycles. The normalized spacial score (nSPS) is 10.8. The molecule has 0 aliphatic heterocycles. The molecule has 0 N–H and O–H groups in total. The molecular weight excluding hydrogens is 288 g/mol. The maximum Gasteiger partial charge on any atom is 0.269 e. The molecule has 0 spiro atoms. The Morgan fingerprint density at radius 2 is 1.65 bits per heavy atom. The molecule has 3 aromatic rings. The molecule has 0 aliphatic rings. The average molecular weight is 306 g/mol. The van der Waals surface area contributed by atoms with Gasteiger partial charge in [0, 0.05) is 29.9 Å². The van der Waals surface area contributed by atoms with E-state index in [1.807, 2.05) is 30.6 Å². The molecular formula is C19H18N2O2. The van der Waals surface area contributed by atoms with E-state index in [0.717, 1.165) is 31.2 Å². The fraction of sp³-hybridized carbons (Fsp3) is 0.211. The lowest BCUT2D eigenvalue weighted by molar-refractivity contribution is -0.384. The van der Waals surface area contributed by atoms with E-state index in [4.69, 9.17) is 0 Å². The largest absolute Gasteiger partial charge is 0.269 e. The number of hydrogen-bond acceptors (Lipinski definition) is 3. The van der Waals surface area contributed by atoms with Crippen LogP contribution in [0, 0.1) is 10.1 Å². The zero-order valence-corrected chi connectivity index (χ0v) is 12.8. The van der Waals surface area contributed by atoms with Crippen LogP contribution in [0.3, 0.4) is 0 Å². The number of nitrogens with zero attached hydrogens (tertiary/aromatic N) is 2. The van der Waals surface area contributed by atoms with Crippen molar-refractivity contribution in [2.75, 3.05) is 0 Å². The van der Waals surface area contributed by atoms with Crippen LogP contribution in [0.25, 0.3) is 10.8 Å². The standard InChI is InChI=1S/C19H18N2O2/c22-21(23)18-11-9-15(10-12-18)5-1-2-6-16-13-20-14-17-7-3-4-8-19(16)17/h3-4,7-14H,1-2,5-6H2. The number of aryl methyl sites for hydroxylation is 2. The van der Waals surface area contributed by atoms with Gasteiger partial charge in [-0.3, -0.25) is 15.1 Å². The Labute approximate surface area is 135 Å². The van der Waals surface area contributed by atoms with Crippen LogP contribution in [0.5, 0.6) is 0 Å². The monoisotopic (exact) mass is 306 g/mol. The van der Waals surface area contributed by atoms with E-state index in [2.05, 4.69) is 23.2 Å². The van der Waals surface area contributed by atoms with Gasteiger partial charge in [-0.25, -0.2) is 0 Å². The first-order valence-electron chi connectivity index (χ1n) is 7.79. The second-order valence-electron chi connectivity index (χ2n) is 5.65. The summed E-state index contributed by atoms with van der Waals surface area (Å²) in [5.41, 5.74) is 2.58. The Kier molecular flexibility index (Phi) is 4.62. The van der Waals surface area contributed by atoms with Crippen molar-refractivity contribution in [2.45, 2.75) is 25.7 Å². The van der Waals surface area contributed by atoms with E-state index in [0.29, 0.717) is 0 Å². The van der Waals surface area contributed by atoms with Crippen LogP contribution in [0.4, 0.5) is 5.69 Å². The van der Waals surface area contributed by atoms with Gasteiger partial charge in [-0.2, -0.15) is 0 Å². The smallest absolute Gasteiger partial charge is 0.264 e. The van der Waals surface area contributed by atoms with E-state index in [1.54, 1.807) is 12.1 Å². The number of pyridine rings is 1. The summed E-state index contributed by atoms with van der Waals surface area (Å²) in [6.45, 7) is 0. The van der Waals surface area contributed by atoms with Gasteiger partial charge in [-0.05, 0) is 42.2 Å². The fourth-order valence-corrected chi connectivity index (χ4v) is 2.81. The van der Waals surface area contributed by atoms with Crippen molar-refractivity contribution >= 4 is 16.5 Å². The molecule has 0 atom stereocenters. The summed E-state index contributed by atoms with van der Waals surface area (Å²) in [5.74, 6) is 0. The molecule has 4 nitrogen and oxygen atoms in total. The first-order chi connectivity index (χ1) is 11.2. The molecule has 0 fully saturated rings. The van der Waals surface area contributed by atoms with Crippen LogP contribution >= 0.6 is 0 Å². The van der Waals surface area contributed by atoms with Crippen LogP contribution in [0.2, 0.25) is 0 Å². The van der Waals surface area contributed by atoms with Crippen molar-refractivity contribution in [3.8, 4) is 0 Å². The second-order valence-corrected chi connectivity index (χ2v) is 5.65. The van der Waals surface area contributed by atoms with Crippen molar-refractivity contribution < 1.29 is 4.92 Å². The van der Waals surface area contributed by atoms with Gasteiger partial charge in [0.2, 0.25) is 0 Å². The summed E-state index contributed by atoms with van der Waals surface area (Å²) in [5, 5.41) is 13.1. The minimum atomic E-state index is -0.364. The molecule has 1 aromatic heterocycles. The Balaban J connectivity index is 1.56. The highest BCUT2D eigenvalue weighted by atomic mass is 16.6. The number of nitro benzene ring substituents is 1. The number of hydrogen-bond donors (Lipinski definition) is 0. The van der Waals surface area contributed by atoms with Crippen molar-refractivity contribution in [3.63, 3.8) is 0 Å². The maximum absolute atomic E-state index is 10.6. The highest BCUT2D eigenvalue weighted by Gasteiger charge is 2.04. The molecule has 0 saturated carbocycles. The van der Waals surface area contributed by atoms with Gasteiger partial charge >= 0.3 is 0 Å². The number of rotatable bonds is 6. The molecule has 1 heterocycles. The molecule has 2 aromatic carbocycles. The SMILES string of the molecule is O=[N+]([O-])c1ccc(CCCCc2cncc3ccccc23)cc1. The Bertz CT molecular complexity index is 808. The third-order valence-electron chi connectivity index (χ3n) is 4.06. The lowest BCUT2D eigenvalue weighted by Crippen LogP contribution is -1.92. The molecule has 3 rings (SSSR count). The van der Waals surface area contributed by atoms with Crippen LogP contribution < -0.4 is 0 Å². The number of fused-ring (bicyclic) bond motifs is 1. The predicted octanol–water partition coefficient (Wildman–Crippen LogP) is 4.71. The second kappa shape index (κ2) is 7.01. The molecule has 0 bridgehead atoms. The Morgan fingerprint density at radius 1 is 0.913 bits per heavy atom. The van der Waals surface area contributed by atoms with Gasteiger partial charge in [-0.15, -0.1) is 0 Å². The van der Waals surface area contributed by atoms with Gasteiger partial charge in [0.05, 0.1) is 4.92 Å². The third-order valence-corrected chi connectivity index (χ3v) is 4.06. The molecule has 4 heteroatoms. The van der Waals surface area contributed by atoms with E-state index in [9.17, 15) is 10.1 Å². The van der Waals surface area contributed by atoms with Crippen LogP contribution in [0.1, 0.15) is 24.0 Å². The number of aromatic nitrogens is 1. The number of unbranched alkanes of at least 4 members (excludes halogenated alkanes) is 1. The topological polar surface area (TPSA) is 56.0 Å². The lowest BCUT2D eigenvalue weighted by Gasteiger charge is -2.06. The summed E-state index contributed by atoms with van der Waals surface area (Å²) in [6.07, 6.45) is 7.93. The number of nitro groups is 1. The summed E-state index contributed by atoms with van der Waals surface area (Å²) >= 11 is 0. The lowest BCUT2D eigenvalue weighted by atomic mass is 10.0.